The van der Waals surface area contributed by atoms with Crippen LogP contribution in [0.5, 0.6) is 5.75 Å². The lowest BCUT2D eigenvalue weighted by Crippen LogP contribution is -2.52. The summed E-state index contributed by atoms with van der Waals surface area (Å²) >= 11 is 0. The Morgan fingerprint density at radius 2 is 2.22 bits per heavy atom. The van der Waals surface area contributed by atoms with Gasteiger partial charge in [-0.1, -0.05) is 25.1 Å². The van der Waals surface area contributed by atoms with E-state index in [1.54, 1.807) is 12.1 Å². The summed E-state index contributed by atoms with van der Waals surface area (Å²) in [5.74, 6) is 0.500. The van der Waals surface area contributed by atoms with Gasteiger partial charge in [-0.25, -0.2) is 4.39 Å². The summed E-state index contributed by atoms with van der Waals surface area (Å²) in [4.78, 5) is 14.0. The number of rotatable bonds is 3. The van der Waals surface area contributed by atoms with Gasteiger partial charge in [-0.2, -0.15) is 0 Å². The predicted molar refractivity (Wildman–Crippen MR) is 104 cm³/mol. The number of aldehydes is 1. The van der Waals surface area contributed by atoms with Crippen molar-refractivity contribution in [3.63, 3.8) is 0 Å². The highest BCUT2D eigenvalue weighted by molar-refractivity contribution is 5.90. The van der Waals surface area contributed by atoms with Crippen molar-refractivity contribution in [2.75, 3.05) is 26.2 Å². The first-order chi connectivity index (χ1) is 13.1. The smallest absolute Gasteiger partial charge is 0.150 e. The zero-order valence-corrected chi connectivity index (χ0v) is 15.8. The standard InChI is InChI=1S/C22H25FN2O2/c1-3-18-20(21-15(12-26)5-4-6-19(21)23)14(2)9-16-11-25-8-7-24-10-17(25)13-27-22(16)18/h4-6,9,12,17,24H,3,7-8,10-11,13H2,1-2H3/t17-/m1/s1. The fraction of sp³-hybridized carbons (Fsp3) is 0.409. The Bertz CT molecular complexity index is 881. The minimum Gasteiger partial charge on any atom is -0.491 e. The van der Waals surface area contributed by atoms with Gasteiger partial charge in [0, 0.05) is 48.4 Å². The number of carbonyl (C=O) groups is 1. The number of carbonyl (C=O) groups excluding carboxylic acids is 1. The van der Waals surface area contributed by atoms with Crippen LogP contribution in [-0.4, -0.2) is 43.5 Å². The molecule has 0 saturated carbocycles. The van der Waals surface area contributed by atoms with Crippen LogP contribution in [0.25, 0.3) is 11.1 Å². The molecule has 1 atom stereocenters. The summed E-state index contributed by atoms with van der Waals surface area (Å²) in [5, 5.41) is 3.43. The molecule has 0 radical (unpaired) electrons. The molecule has 0 aliphatic carbocycles. The summed E-state index contributed by atoms with van der Waals surface area (Å²) in [6.45, 7) is 8.42. The van der Waals surface area contributed by atoms with Crippen LogP contribution in [0.15, 0.2) is 24.3 Å². The number of hydrogen-bond acceptors (Lipinski definition) is 4. The first-order valence-corrected chi connectivity index (χ1v) is 9.61. The van der Waals surface area contributed by atoms with Gasteiger partial charge in [-0.3, -0.25) is 9.69 Å². The molecule has 4 rings (SSSR count). The van der Waals surface area contributed by atoms with Crippen LogP contribution in [0.1, 0.15) is 34.0 Å². The normalized spacial score (nSPS) is 19.6. The zero-order valence-electron chi connectivity index (χ0n) is 15.8. The fourth-order valence-corrected chi connectivity index (χ4v) is 4.40. The van der Waals surface area contributed by atoms with Gasteiger partial charge in [0.1, 0.15) is 18.2 Å². The van der Waals surface area contributed by atoms with E-state index in [1.807, 2.05) is 6.92 Å². The summed E-state index contributed by atoms with van der Waals surface area (Å²) in [6.07, 6.45) is 1.45. The second-order valence-electron chi connectivity index (χ2n) is 7.35. The van der Waals surface area contributed by atoms with E-state index in [1.165, 1.54) is 6.07 Å². The Labute approximate surface area is 159 Å². The molecule has 0 unspecified atom stereocenters. The Kier molecular flexibility index (Phi) is 4.98. The second kappa shape index (κ2) is 7.41. The molecule has 2 aliphatic heterocycles. The third kappa shape index (κ3) is 3.15. The summed E-state index contributed by atoms with van der Waals surface area (Å²) < 4.78 is 21.0. The molecule has 0 amide bonds. The lowest BCUT2D eigenvalue weighted by atomic mass is 9.88. The highest BCUT2D eigenvalue weighted by atomic mass is 19.1. The number of piperazine rings is 1. The molecule has 27 heavy (non-hydrogen) atoms. The first-order valence-electron chi connectivity index (χ1n) is 9.61. The molecular formula is C22H25FN2O2. The van der Waals surface area contributed by atoms with Gasteiger partial charge in [-0.05, 0) is 30.5 Å². The van der Waals surface area contributed by atoms with Gasteiger partial charge in [0.05, 0.1) is 6.04 Å². The average Bonchev–Trinajstić information content (AvgIpc) is 2.86. The maximum atomic E-state index is 14.8. The molecule has 1 fully saturated rings. The van der Waals surface area contributed by atoms with Crippen molar-refractivity contribution in [3.8, 4) is 16.9 Å². The van der Waals surface area contributed by atoms with E-state index in [-0.39, 0.29) is 5.82 Å². The average molecular weight is 368 g/mol. The van der Waals surface area contributed by atoms with E-state index < -0.39 is 0 Å². The molecule has 5 heteroatoms. The largest absolute Gasteiger partial charge is 0.491 e. The van der Waals surface area contributed by atoms with Gasteiger partial charge in [0.15, 0.2) is 6.29 Å². The summed E-state index contributed by atoms with van der Waals surface area (Å²) in [7, 11) is 0. The van der Waals surface area contributed by atoms with Gasteiger partial charge in [0.2, 0.25) is 0 Å². The maximum absolute atomic E-state index is 14.8. The fourth-order valence-electron chi connectivity index (χ4n) is 4.40. The molecule has 4 nitrogen and oxygen atoms in total. The number of benzene rings is 2. The SMILES string of the molecule is CCc1c2c(cc(C)c1-c1c(F)cccc1C=O)CN1CCNC[C@@H]1CO2. The van der Waals surface area contributed by atoms with E-state index in [0.29, 0.717) is 23.8 Å². The Morgan fingerprint density at radius 3 is 3.00 bits per heavy atom. The molecule has 1 N–H and O–H groups in total. The Hall–Kier alpha value is -2.24. The monoisotopic (exact) mass is 368 g/mol. The van der Waals surface area contributed by atoms with E-state index in [0.717, 1.165) is 66.9 Å². The van der Waals surface area contributed by atoms with Crippen molar-refractivity contribution >= 4 is 6.29 Å². The number of hydrogen-bond donors (Lipinski definition) is 1. The predicted octanol–water partition coefficient (Wildman–Crippen LogP) is 3.34. The van der Waals surface area contributed by atoms with Crippen molar-refractivity contribution in [2.45, 2.75) is 32.9 Å². The molecule has 2 aromatic rings. The van der Waals surface area contributed by atoms with Crippen LogP contribution < -0.4 is 10.1 Å². The molecule has 2 aromatic carbocycles. The molecule has 0 bridgehead atoms. The number of nitrogens with zero attached hydrogens (tertiary/aromatic N) is 1. The molecule has 0 spiro atoms. The lowest BCUT2D eigenvalue weighted by molar-refractivity contribution is 0.112. The minimum atomic E-state index is -0.368. The van der Waals surface area contributed by atoms with E-state index in [9.17, 15) is 9.18 Å². The van der Waals surface area contributed by atoms with Crippen LogP contribution in [0.3, 0.4) is 0 Å². The number of fused-ring (bicyclic) bond motifs is 2. The highest BCUT2D eigenvalue weighted by Crippen LogP contribution is 2.41. The number of nitrogens with one attached hydrogen (secondary N) is 1. The second-order valence-corrected chi connectivity index (χ2v) is 7.35. The molecule has 2 aliphatic rings. The van der Waals surface area contributed by atoms with Crippen molar-refractivity contribution < 1.29 is 13.9 Å². The van der Waals surface area contributed by atoms with Crippen LogP contribution in [0, 0.1) is 12.7 Å². The maximum Gasteiger partial charge on any atom is 0.150 e. The molecule has 1 saturated heterocycles. The minimum absolute atomic E-state index is 0.346. The van der Waals surface area contributed by atoms with Crippen LogP contribution in [0.4, 0.5) is 4.39 Å². The summed E-state index contributed by atoms with van der Waals surface area (Å²) in [5.41, 5.74) is 4.69. The third-order valence-electron chi connectivity index (χ3n) is 5.69. The van der Waals surface area contributed by atoms with Gasteiger partial charge in [0.25, 0.3) is 0 Å². The number of aryl methyl sites for hydroxylation is 1. The first kappa shape index (κ1) is 18.1. The van der Waals surface area contributed by atoms with Crippen molar-refractivity contribution in [1.29, 1.82) is 0 Å². The lowest BCUT2D eigenvalue weighted by Gasteiger charge is -2.33. The molecule has 0 aromatic heterocycles. The van der Waals surface area contributed by atoms with E-state index in [4.69, 9.17) is 4.74 Å². The molecule has 2 heterocycles. The quantitative estimate of drug-likeness (QED) is 0.844. The van der Waals surface area contributed by atoms with Gasteiger partial charge >= 0.3 is 0 Å². The third-order valence-corrected chi connectivity index (χ3v) is 5.69. The zero-order chi connectivity index (χ0) is 19.0. The molecule has 142 valence electrons. The van der Waals surface area contributed by atoms with Gasteiger partial charge in [-0.15, -0.1) is 0 Å². The van der Waals surface area contributed by atoms with Crippen molar-refractivity contribution in [3.05, 3.63) is 52.3 Å². The summed E-state index contributed by atoms with van der Waals surface area (Å²) in [6, 6.07) is 7.12. The van der Waals surface area contributed by atoms with Crippen LogP contribution in [-0.2, 0) is 13.0 Å². The van der Waals surface area contributed by atoms with Gasteiger partial charge < -0.3 is 10.1 Å². The topological polar surface area (TPSA) is 41.6 Å². The number of ether oxygens (including phenoxy) is 1. The van der Waals surface area contributed by atoms with Crippen molar-refractivity contribution in [2.24, 2.45) is 0 Å². The van der Waals surface area contributed by atoms with Crippen LogP contribution in [0.2, 0.25) is 0 Å². The van der Waals surface area contributed by atoms with E-state index >= 15 is 0 Å². The molecular weight excluding hydrogens is 343 g/mol. The Balaban J connectivity index is 1.89. The van der Waals surface area contributed by atoms with E-state index in [2.05, 4.69) is 23.2 Å². The Morgan fingerprint density at radius 1 is 1.37 bits per heavy atom. The number of halogens is 1. The highest BCUT2D eigenvalue weighted by Gasteiger charge is 2.30. The van der Waals surface area contributed by atoms with Crippen LogP contribution >= 0.6 is 0 Å². The van der Waals surface area contributed by atoms with Crippen molar-refractivity contribution in [1.82, 2.24) is 10.2 Å².